The Bertz CT molecular complexity index is 1100. The summed E-state index contributed by atoms with van der Waals surface area (Å²) in [6, 6.07) is 6.08. The SMILES string of the molecule is CCSCCCO[C@]1(C(=O)O)C[C@H](O)[C@@H](NC(C)=O)[C@H]([C@H](O)[C@H](O)CNC(=O)c2ccc(-c3cccs3)s2)O1. The van der Waals surface area contributed by atoms with E-state index in [9.17, 15) is 34.8 Å². The standard InChI is InChI=1S/C25H34N2O9S3/c1-3-37-10-5-9-35-25(24(33)34)12-15(29)20(27-14(2)28)22(36-25)21(31)16(30)13-26-23(32)19-8-7-18(39-19)17-6-4-11-38-17/h4,6-8,11,15-16,20-22,29-31H,3,5,9-10,12-13H2,1-2H3,(H,26,32)(H,27,28)(H,33,34)/t15-,16+,20+,21+,22+,25+/m0/s1. The number of carboxylic acid groups (broad SMARTS) is 1. The minimum absolute atomic E-state index is 0.0204. The molecule has 11 nitrogen and oxygen atoms in total. The maximum absolute atomic E-state index is 12.7. The number of carboxylic acids is 1. The van der Waals surface area contributed by atoms with Crippen molar-refractivity contribution in [2.24, 2.45) is 0 Å². The van der Waals surface area contributed by atoms with Crippen molar-refractivity contribution in [1.82, 2.24) is 10.6 Å². The number of aliphatic hydroxyl groups excluding tert-OH is 3. The van der Waals surface area contributed by atoms with Gasteiger partial charge in [0.15, 0.2) is 0 Å². The number of carbonyl (C=O) groups is 3. The van der Waals surface area contributed by atoms with Crippen LogP contribution in [0.2, 0.25) is 0 Å². The van der Waals surface area contributed by atoms with Crippen molar-refractivity contribution in [2.75, 3.05) is 24.7 Å². The highest BCUT2D eigenvalue weighted by atomic mass is 32.2. The molecule has 216 valence electrons. The first kappa shape index (κ1) is 31.5. The van der Waals surface area contributed by atoms with Gasteiger partial charge in [-0.25, -0.2) is 4.79 Å². The van der Waals surface area contributed by atoms with Gasteiger partial charge < -0.3 is 40.5 Å². The van der Waals surface area contributed by atoms with Crippen molar-refractivity contribution in [2.45, 2.75) is 62.9 Å². The molecule has 3 heterocycles. The van der Waals surface area contributed by atoms with E-state index < -0.39 is 67.0 Å². The number of carbonyl (C=O) groups excluding carboxylic acids is 2. The van der Waals surface area contributed by atoms with Crippen LogP contribution >= 0.6 is 34.4 Å². The predicted molar refractivity (Wildman–Crippen MR) is 149 cm³/mol. The monoisotopic (exact) mass is 602 g/mol. The number of ether oxygens (including phenoxy) is 2. The van der Waals surface area contributed by atoms with Crippen molar-refractivity contribution in [1.29, 1.82) is 0 Å². The first-order valence-electron chi connectivity index (χ1n) is 12.4. The van der Waals surface area contributed by atoms with Gasteiger partial charge in [0.1, 0.15) is 12.2 Å². The lowest BCUT2D eigenvalue weighted by Crippen LogP contribution is -2.68. The van der Waals surface area contributed by atoms with Gasteiger partial charge in [0.05, 0.1) is 29.7 Å². The second-order valence-corrected chi connectivity index (χ2v) is 12.4. The maximum Gasteiger partial charge on any atom is 0.364 e. The van der Waals surface area contributed by atoms with Crippen LogP contribution in [-0.2, 0) is 19.1 Å². The van der Waals surface area contributed by atoms with Crippen LogP contribution in [0, 0.1) is 0 Å². The van der Waals surface area contributed by atoms with Crippen LogP contribution in [0.5, 0.6) is 0 Å². The second-order valence-electron chi connectivity index (χ2n) is 8.95. The summed E-state index contributed by atoms with van der Waals surface area (Å²) in [5, 5.41) is 49.4. The van der Waals surface area contributed by atoms with E-state index in [2.05, 4.69) is 10.6 Å². The molecular formula is C25H34N2O9S3. The first-order chi connectivity index (χ1) is 18.6. The average molecular weight is 603 g/mol. The number of rotatable bonds is 14. The Kier molecular flexibility index (Phi) is 11.7. The largest absolute Gasteiger partial charge is 0.477 e. The van der Waals surface area contributed by atoms with E-state index >= 15 is 0 Å². The van der Waals surface area contributed by atoms with Gasteiger partial charge in [-0.2, -0.15) is 11.8 Å². The number of thioether (sulfide) groups is 1. The molecule has 14 heteroatoms. The number of aliphatic hydroxyl groups is 3. The highest BCUT2D eigenvalue weighted by molar-refractivity contribution is 7.99. The molecule has 2 aromatic heterocycles. The Hall–Kier alpha value is -2.04. The van der Waals surface area contributed by atoms with E-state index in [4.69, 9.17) is 9.47 Å². The van der Waals surface area contributed by atoms with Crippen molar-refractivity contribution >= 4 is 52.2 Å². The van der Waals surface area contributed by atoms with Crippen LogP contribution in [0.15, 0.2) is 29.6 Å². The fraction of sp³-hybridized carbons (Fsp3) is 0.560. The average Bonchev–Trinajstić information content (AvgIpc) is 3.60. The van der Waals surface area contributed by atoms with Gasteiger partial charge in [-0.1, -0.05) is 13.0 Å². The molecule has 2 aromatic rings. The van der Waals surface area contributed by atoms with Gasteiger partial charge in [-0.3, -0.25) is 9.59 Å². The Morgan fingerprint density at radius 3 is 2.67 bits per heavy atom. The summed E-state index contributed by atoms with van der Waals surface area (Å²) < 4.78 is 11.3. The molecule has 6 N–H and O–H groups in total. The first-order valence-corrected chi connectivity index (χ1v) is 15.3. The maximum atomic E-state index is 12.7. The lowest BCUT2D eigenvalue weighted by Gasteiger charge is -2.46. The summed E-state index contributed by atoms with van der Waals surface area (Å²) in [4.78, 5) is 39.0. The molecule has 0 radical (unpaired) electrons. The fourth-order valence-corrected chi connectivity index (χ4v) is 6.50. The molecule has 0 unspecified atom stereocenters. The third-order valence-corrected chi connectivity index (χ3v) is 9.17. The topological polar surface area (TPSA) is 175 Å². The van der Waals surface area contributed by atoms with Crippen LogP contribution in [0.25, 0.3) is 9.75 Å². The lowest BCUT2D eigenvalue weighted by molar-refractivity contribution is -0.310. The molecule has 3 rings (SSSR count). The molecule has 0 spiro atoms. The smallest absolute Gasteiger partial charge is 0.364 e. The third kappa shape index (κ3) is 8.24. The molecule has 0 aromatic carbocycles. The summed E-state index contributed by atoms with van der Waals surface area (Å²) in [6.07, 6.45) is -6.41. The Morgan fingerprint density at radius 1 is 1.26 bits per heavy atom. The second kappa shape index (κ2) is 14.6. The van der Waals surface area contributed by atoms with Crippen LogP contribution in [0.1, 0.15) is 36.4 Å². The summed E-state index contributed by atoms with van der Waals surface area (Å²) >= 11 is 4.47. The molecular weight excluding hydrogens is 568 g/mol. The van der Waals surface area contributed by atoms with Crippen molar-refractivity contribution in [3.05, 3.63) is 34.5 Å². The van der Waals surface area contributed by atoms with E-state index in [1.807, 2.05) is 30.5 Å². The zero-order valence-corrected chi connectivity index (χ0v) is 24.0. The minimum atomic E-state index is -2.30. The Morgan fingerprint density at radius 2 is 2.03 bits per heavy atom. The highest BCUT2D eigenvalue weighted by Gasteiger charge is 2.55. The van der Waals surface area contributed by atoms with Gasteiger partial charge in [-0.05, 0) is 41.5 Å². The summed E-state index contributed by atoms with van der Waals surface area (Å²) in [5.41, 5.74) is 0. The number of thiophene rings is 2. The Labute approximate surface area is 238 Å². The molecule has 2 amide bonds. The highest BCUT2D eigenvalue weighted by Crippen LogP contribution is 2.34. The Balaban J connectivity index is 1.69. The molecule has 1 aliphatic heterocycles. The molecule has 1 aliphatic rings. The minimum Gasteiger partial charge on any atom is -0.477 e. The quantitative estimate of drug-likeness (QED) is 0.174. The van der Waals surface area contributed by atoms with Crippen LogP contribution in [0.4, 0.5) is 0 Å². The molecule has 1 fully saturated rings. The molecule has 1 saturated heterocycles. The van der Waals surface area contributed by atoms with Crippen LogP contribution in [0.3, 0.4) is 0 Å². The van der Waals surface area contributed by atoms with Gasteiger partial charge in [-0.15, -0.1) is 22.7 Å². The summed E-state index contributed by atoms with van der Waals surface area (Å²) in [7, 11) is 0. The fourth-order valence-electron chi connectivity index (χ4n) is 4.13. The molecule has 0 aliphatic carbocycles. The van der Waals surface area contributed by atoms with Crippen LogP contribution in [-0.4, -0.2) is 99.1 Å². The summed E-state index contributed by atoms with van der Waals surface area (Å²) in [5.74, 6) is -3.21. The van der Waals surface area contributed by atoms with E-state index in [0.29, 0.717) is 11.3 Å². The van der Waals surface area contributed by atoms with Crippen molar-refractivity contribution < 1.29 is 44.3 Å². The van der Waals surface area contributed by atoms with Crippen molar-refractivity contribution in [3.8, 4) is 9.75 Å². The molecule has 0 saturated carbocycles. The van der Waals surface area contributed by atoms with Gasteiger partial charge in [0.25, 0.3) is 11.7 Å². The normalized spacial score (nSPS) is 24.6. The van der Waals surface area contributed by atoms with E-state index in [0.717, 1.165) is 21.3 Å². The van der Waals surface area contributed by atoms with E-state index in [-0.39, 0.29) is 6.61 Å². The van der Waals surface area contributed by atoms with E-state index in [1.54, 1.807) is 29.2 Å². The molecule has 0 bridgehead atoms. The van der Waals surface area contributed by atoms with Gasteiger partial charge >= 0.3 is 5.97 Å². The zero-order chi connectivity index (χ0) is 28.6. The van der Waals surface area contributed by atoms with Gasteiger partial charge in [0, 0.05) is 29.6 Å². The number of hydrogen-bond donors (Lipinski definition) is 6. The number of amides is 2. The predicted octanol–water partition coefficient (Wildman–Crippen LogP) is 1.52. The van der Waals surface area contributed by atoms with Crippen LogP contribution < -0.4 is 10.6 Å². The zero-order valence-electron chi connectivity index (χ0n) is 21.6. The number of hydrogen-bond acceptors (Lipinski definition) is 11. The number of aliphatic carboxylic acids is 1. The van der Waals surface area contributed by atoms with E-state index in [1.165, 1.54) is 18.3 Å². The van der Waals surface area contributed by atoms with Crippen molar-refractivity contribution in [3.63, 3.8) is 0 Å². The number of nitrogens with one attached hydrogen (secondary N) is 2. The summed E-state index contributed by atoms with van der Waals surface area (Å²) in [6.45, 7) is 2.81. The molecule has 39 heavy (non-hydrogen) atoms. The van der Waals surface area contributed by atoms with Gasteiger partial charge in [0.2, 0.25) is 5.91 Å². The third-order valence-electron chi connectivity index (χ3n) is 6.04. The molecule has 6 atom stereocenters. The lowest BCUT2D eigenvalue weighted by atomic mass is 9.88.